The first kappa shape index (κ1) is 12.3. The van der Waals surface area contributed by atoms with E-state index in [-0.39, 0.29) is 17.5 Å². The van der Waals surface area contributed by atoms with Crippen LogP contribution >= 0.6 is 21.6 Å². The third kappa shape index (κ3) is 3.69. The SMILES string of the molecule is C[C@H](CO)SSc1ncccc1[N+](=O)[O-]. The lowest BCUT2D eigenvalue weighted by Crippen LogP contribution is -2.00. The van der Waals surface area contributed by atoms with Gasteiger partial charge in [0.25, 0.3) is 0 Å². The molecule has 0 fully saturated rings. The summed E-state index contributed by atoms with van der Waals surface area (Å²) in [5.74, 6) is 0. The number of nitro groups is 1. The minimum absolute atomic E-state index is 0.000129. The molecule has 0 spiro atoms. The molecule has 7 heteroatoms. The van der Waals surface area contributed by atoms with Gasteiger partial charge < -0.3 is 5.11 Å². The van der Waals surface area contributed by atoms with Crippen molar-refractivity contribution in [2.75, 3.05) is 6.61 Å². The number of aliphatic hydroxyl groups is 1. The predicted octanol–water partition coefficient (Wildman–Crippen LogP) is 2.11. The van der Waals surface area contributed by atoms with Gasteiger partial charge in [0, 0.05) is 17.5 Å². The Morgan fingerprint density at radius 3 is 3.07 bits per heavy atom. The van der Waals surface area contributed by atoms with Crippen molar-refractivity contribution in [2.45, 2.75) is 17.2 Å². The molecule has 0 unspecified atom stereocenters. The van der Waals surface area contributed by atoms with Crippen LogP contribution < -0.4 is 0 Å². The lowest BCUT2D eigenvalue weighted by Gasteiger charge is -2.05. The van der Waals surface area contributed by atoms with Gasteiger partial charge in [-0.3, -0.25) is 10.1 Å². The minimum Gasteiger partial charge on any atom is -0.395 e. The first-order valence-electron chi connectivity index (χ1n) is 4.18. The van der Waals surface area contributed by atoms with Crippen molar-refractivity contribution in [1.82, 2.24) is 4.98 Å². The Hall–Kier alpha value is -0.790. The largest absolute Gasteiger partial charge is 0.395 e. The van der Waals surface area contributed by atoms with Crippen LogP contribution in [0.1, 0.15) is 6.92 Å². The summed E-state index contributed by atoms with van der Waals surface area (Å²) < 4.78 is 0. The second kappa shape index (κ2) is 5.94. The third-order valence-corrected chi connectivity index (χ3v) is 4.29. The molecule has 82 valence electrons. The van der Waals surface area contributed by atoms with Crippen LogP contribution in [-0.4, -0.2) is 26.9 Å². The Labute approximate surface area is 94.8 Å². The monoisotopic (exact) mass is 246 g/mol. The lowest BCUT2D eigenvalue weighted by atomic mass is 10.4. The van der Waals surface area contributed by atoms with Crippen molar-refractivity contribution < 1.29 is 10.0 Å². The van der Waals surface area contributed by atoms with Crippen molar-refractivity contribution in [2.24, 2.45) is 0 Å². The molecule has 15 heavy (non-hydrogen) atoms. The van der Waals surface area contributed by atoms with Gasteiger partial charge >= 0.3 is 5.69 Å². The Morgan fingerprint density at radius 1 is 1.73 bits per heavy atom. The molecule has 0 aromatic carbocycles. The molecular weight excluding hydrogens is 236 g/mol. The maximum absolute atomic E-state index is 10.6. The van der Waals surface area contributed by atoms with E-state index < -0.39 is 4.92 Å². The smallest absolute Gasteiger partial charge is 0.302 e. The maximum atomic E-state index is 10.6. The molecular formula is C8H10N2O3S2. The van der Waals surface area contributed by atoms with Crippen LogP contribution in [0.25, 0.3) is 0 Å². The highest BCUT2D eigenvalue weighted by Crippen LogP contribution is 2.37. The van der Waals surface area contributed by atoms with Gasteiger partial charge in [-0.05, 0) is 16.9 Å². The standard InChI is InChI=1S/C8H10N2O3S2/c1-6(5-11)14-15-8-7(10(12)13)3-2-4-9-8/h2-4,6,11H,5H2,1H3/t6-/m1/s1. The summed E-state index contributed by atoms with van der Waals surface area (Å²) in [5, 5.41) is 19.8. The predicted molar refractivity (Wildman–Crippen MR) is 60.9 cm³/mol. The van der Waals surface area contributed by atoms with Crippen LogP contribution in [0.3, 0.4) is 0 Å². The van der Waals surface area contributed by atoms with Crippen molar-refractivity contribution in [1.29, 1.82) is 0 Å². The van der Waals surface area contributed by atoms with Gasteiger partial charge in [-0.25, -0.2) is 4.98 Å². The van der Waals surface area contributed by atoms with Crippen LogP contribution in [0.15, 0.2) is 23.4 Å². The molecule has 1 aromatic heterocycles. The highest BCUT2D eigenvalue weighted by atomic mass is 33.1. The fourth-order valence-electron chi connectivity index (χ4n) is 0.744. The average Bonchev–Trinajstić information content (AvgIpc) is 2.26. The van der Waals surface area contributed by atoms with E-state index in [0.717, 1.165) is 0 Å². The van der Waals surface area contributed by atoms with Crippen molar-refractivity contribution in [3.63, 3.8) is 0 Å². The Kier molecular flexibility index (Phi) is 4.86. The van der Waals surface area contributed by atoms with Crippen molar-refractivity contribution >= 4 is 27.3 Å². The Balaban J connectivity index is 2.72. The van der Waals surface area contributed by atoms with E-state index in [1.807, 2.05) is 6.92 Å². The van der Waals surface area contributed by atoms with E-state index in [4.69, 9.17) is 5.11 Å². The summed E-state index contributed by atoms with van der Waals surface area (Å²) in [5.41, 5.74) is 0.000129. The molecule has 0 aliphatic heterocycles. The molecule has 0 saturated carbocycles. The zero-order valence-electron chi connectivity index (χ0n) is 7.99. The van der Waals surface area contributed by atoms with E-state index >= 15 is 0 Å². The molecule has 0 saturated heterocycles. The highest BCUT2D eigenvalue weighted by molar-refractivity contribution is 8.76. The molecule has 0 aliphatic rings. The van der Waals surface area contributed by atoms with E-state index in [2.05, 4.69) is 4.98 Å². The summed E-state index contributed by atoms with van der Waals surface area (Å²) in [7, 11) is 2.57. The van der Waals surface area contributed by atoms with E-state index in [0.29, 0.717) is 5.03 Å². The van der Waals surface area contributed by atoms with Gasteiger partial charge in [0.15, 0.2) is 5.03 Å². The van der Waals surface area contributed by atoms with E-state index in [9.17, 15) is 10.1 Å². The molecule has 1 atom stereocenters. The summed E-state index contributed by atoms with van der Waals surface area (Å²) in [4.78, 5) is 14.1. The summed E-state index contributed by atoms with van der Waals surface area (Å²) in [6.07, 6.45) is 1.51. The van der Waals surface area contributed by atoms with Gasteiger partial charge in [-0.15, -0.1) is 0 Å². The van der Waals surface area contributed by atoms with Crippen LogP contribution in [-0.2, 0) is 0 Å². The van der Waals surface area contributed by atoms with Crippen LogP contribution in [0.5, 0.6) is 0 Å². The van der Waals surface area contributed by atoms with Crippen LogP contribution in [0, 0.1) is 10.1 Å². The second-order valence-electron chi connectivity index (χ2n) is 2.76. The van der Waals surface area contributed by atoms with E-state index in [1.165, 1.54) is 39.9 Å². The summed E-state index contributed by atoms with van der Waals surface area (Å²) >= 11 is 0. The van der Waals surface area contributed by atoms with Gasteiger partial charge in [-0.2, -0.15) is 0 Å². The van der Waals surface area contributed by atoms with Crippen LogP contribution in [0.2, 0.25) is 0 Å². The molecule has 0 bridgehead atoms. The number of aromatic nitrogens is 1. The minimum atomic E-state index is -0.459. The third-order valence-electron chi connectivity index (χ3n) is 1.50. The molecule has 0 aliphatic carbocycles. The molecule has 5 nitrogen and oxygen atoms in total. The lowest BCUT2D eigenvalue weighted by molar-refractivity contribution is -0.388. The zero-order valence-corrected chi connectivity index (χ0v) is 9.62. The first-order valence-corrected chi connectivity index (χ1v) is 6.40. The normalized spacial score (nSPS) is 12.4. The van der Waals surface area contributed by atoms with Gasteiger partial charge in [0.05, 0.1) is 11.5 Å². The van der Waals surface area contributed by atoms with Crippen molar-refractivity contribution in [3.05, 3.63) is 28.4 Å². The Morgan fingerprint density at radius 2 is 2.47 bits per heavy atom. The second-order valence-corrected chi connectivity index (χ2v) is 5.39. The number of hydrogen-bond donors (Lipinski definition) is 1. The van der Waals surface area contributed by atoms with Gasteiger partial charge in [-0.1, -0.05) is 17.7 Å². The Bertz CT molecular complexity index is 348. The molecule has 1 heterocycles. The fourth-order valence-corrected chi connectivity index (χ4v) is 2.73. The maximum Gasteiger partial charge on any atom is 0.302 e. The van der Waals surface area contributed by atoms with Crippen molar-refractivity contribution in [3.8, 4) is 0 Å². The molecule has 1 aromatic rings. The molecule has 1 N–H and O–H groups in total. The number of aliphatic hydroxyl groups excluding tert-OH is 1. The summed E-state index contributed by atoms with van der Waals surface area (Å²) in [6.45, 7) is 1.88. The fraction of sp³-hybridized carbons (Fsp3) is 0.375. The number of rotatable bonds is 5. The molecule has 0 amide bonds. The van der Waals surface area contributed by atoms with E-state index in [1.54, 1.807) is 0 Å². The quantitative estimate of drug-likeness (QED) is 0.487. The molecule has 0 radical (unpaired) electrons. The van der Waals surface area contributed by atoms with Gasteiger partial charge in [0.1, 0.15) is 0 Å². The number of pyridine rings is 1. The topological polar surface area (TPSA) is 76.3 Å². The molecule has 1 rings (SSSR count). The highest BCUT2D eigenvalue weighted by Gasteiger charge is 2.15. The van der Waals surface area contributed by atoms with Crippen LogP contribution in [0.4, 0.5) is 5.69 Å². The zero-order chi connectivity index (χ0) is 11.3. The number of hydrogen-bond acceptors (Lipinski definition) is 6. The van der Waals surface area contributed by atoms with Gasteiger partial charge in [0.2, 0.25) is 0 Å². The number of nitrogens with zero attached hydrogens (tertiary/aromatic N) is 2. The average molecular weight is 246 g/mol. The summed E-state index contributed by atoms with van der Waals surface area (Å²) in [6, 6.07) is 2.95. The first-order chi connectivity index (χ1) is 7.15.